The second kappa shape index (κ2) is 7.36. The molecule has 0 saturated heterocycles. The summed E-state index contributed by atoms with van der Waals surface area (Å²) in [5.74, 6) is 0.679. The van der Waals surface area contributed by atoms with Gasteiger partial charge in [0.25, 0.3) is 5.91 Å². The van der Waals surface area contributed by atoms with Crippen molar-refractivity contribution in [2.45, 2.75) is 38.3 Å². The standard InChI is InChI=1S/C19H26N2O3/c1-21(2)11-16-15-5-3-4-6-17(15)24-18(16)19(23)20-14-9-7-13(12-22)8-10-14/h3-6,13-14,22H,7-12H2,1-2H3,(H,20,23). The number of furan rings is 1. The van der Waals surface area contributed by atoms with Gasteiger partial charge < -0.3 is 19.7 Å². The number of amides is 1. The average Bonchev–Trinajstić information content (AvgIpc) is 2.94. The Morgan fingerprint density at radius 2 is 1.96 bits per heavy atom. The largest absolute Gasteiger partial charge is 0.451 e. The van der Waals surface area contributed by atoms with Crippen molar-refractivity contribution in [3.8, 4) is 0 Å². The SMILES string of the molecule is CN(C)Cc1c(C(=O)NC2CCC(CO)CC2)oc2ccccc12. The van der Waals surface area contributed by atoms with Gasteiger partial charge in [-0.05, 0) is 51.8 Å². The third-order valence-electron chi connectivity index (χ3n) is 4.82. The molecule has 0 radical (unpaired) electrons. The number of carbonyl (C=O) groups is 1. The maximum Gasteiger partial charge on any atom is 0.287 e. The summed E-state index contributed by atoms with van der Waals surface area (Å²) >= 11 is 0. The van der Waals surface area contributed by atoms with Crippen molar-refractivity contribution in [2.75, 3.05) is 20.7 Å². The van der Waals surface area contributed by atoms with Crippen LogP contribution in [0.5, 0.6) is 0 Å². The van der Waals surface area contributed by atoms with Crippen LogP contribution in [0.15, 0.2) is 28.7 Å². The van der Waals surface area contributed by atoms with Crippen molar-refractivity contribution < 1.29 is 14.3 Å². The fourth-order valence-corrected chi connectivity index (χ4v) is 3.50. The quantitative estimate of drug-likeness (QED) is 0.885. The number of hydrogen-bond donors (Lipinski definition) is 2. The Kier molecular flexibility index (Phi) is 5.21. The molecule has 1 aliphatic carbocycles. The Bertz CT molecular complexity index is 700. The molecule has 0 spiro atoms. The molecule has 1 aromatic carbocycles. The average molecular weight is 330 g/mol. The van der Waals surface area contributed by atoms with E-state index in [4.69, 9.17) is 4.42 Å². The topological polar surface area (TPSA) is 65.7 Å². The second-order valence-electron chi connectivity index (χ2n) is 7.02. The van der Waals surface area contributed by atoms with Gasteiger partial charge in [0.05, 0.1) is 0 Å². The Morgan fingerprint density at radius 1 is 1.25 bits per heavy atom. The molecule has 1 saturated carbocycles. The highest BCUT2D eigenvalue weighted by molar-refractivity contribution is 5.99. The maximum absolute atomic E-state index is 12.8. The highest BCUT2D eigenvalue weighted by Gasteiger charge is 2.26. The predicted molar refractivity (Wildman–Crippen MR) is 93.9 cm³/mol. The Morgan fingerprint density at radius 3 is 2.62 bits per heavy atom. The van der Waals surface area contributed by atoms with Crippen molar-refractivity contribution in [3.05, 3.63) is 35.6 Å². The smallest absolute Gasteiger partial charge is 0.287 e. The first-order valence-electron chi connectivity index (χ1n) is 8.65. The Balaban J connectivity index is 1.79. The minimum absolute atomic E-state index is 0.129. The zero-order valence-corrected chi connectivity index (χ0v) is 14.4. The molecule has 1 aliphatic rings. The molecule has 2 N–H and O–H groups in total. The van der Waals surface area contributed by atoms with E-state index in [9.17, 15) is 9.90 Å². The minimum Gasteiger partial charge on any atom is -0.451 e. The maximum atomic E-state index is 12.8. The van der Waals surface area contributed by atoms with E-state index in [-0.39, 0.29) is 18.6 Å². The number of nitrogens with one attached hydrogen (secondary N) is 1. The number of rotatable bonds is 5. The molecular weight excluding hydrogens is 304 g/mol. The third kappa shape index (κ3) is 3.62. The summed E-state index contributed by atoms with van der Waals surface area (Å²) in [5.41, 5.74) is 1.70. The van der Waals surface area contributed by atoms with Gasteiger partial charge in [0.2, 0.25) is 0 Å². The molecule has 0 aliphatic heterocycles. The van der Waals surface area contributed by atoms with Gasteiger partial charge in [-0.2, -0.15) is 0 Å². The van der Waals surface area contributed by atoms with E-state index in [0.717, 1.165) is 42.2 Å². The summed E-state index contributed by atoms with van der Waals surface area (Å²) < 4.78 is 5.87. The highest BCUT2D eigenvalue weighted by atomic mass is 16.3. The van der Waals surface area contributed by atoms with E-state index in [2.05, 4.69) is 5.32 Å². The van der Waals surface area contributed by atoms with Crippen LogP contribution >= 0.6 is 0 Å². The Hall–Kier alpha value is -1.85. The van der Waals surface area contributed by atoms with Crippen molar-refractivity contribution in [2.24, 2.45) is 5.92 Å². The molecule has 1 heterocycles. The lowest BCUT2D eigenvalue weighted by Crippen LogP contribution is -2.38. The fraction of sp³-hybridized carbons (Fsp3) is 0.526. The highest BCUT2D eigenvalue weighted by Crippen LogP contribution is 2.28. The van der Waals surface area contributed by atoms with E-state index in [1.54, 1.807) is 0 Å². The van der Waals surface area contributed by atoms with Crippen LogP contribution in [-0.2, 0) is 6.54 Å². The van der Waals surface area contributed by atoms with Gasteiger partial charge in [-0.15, -0.1) is 0 Å². The summed E-state index contributed by atoms with van der Waals surface area (Å²) in [4.78, 5) is 14.8. The molecule has 3 rings (SSSR count). The number of nitrogens with zero attached hydrogens (tertiary/aromatic N) is 1. The molecule has 130 valence electrons. The molecule has 5 nitrogen and oxygen atoms in total. The number of aliphatic hydroxyl groups excluding tert-OH is 1. The van der Waals surface area contributed by atoms with E-state index < -0.39 is 0 Å². The lowest BCUT2D eigenvalue weighted by molar-refractivity contribution is 0.0886. The van der Waals surface area contributed by atoms with Crippen LogP contribution in [0, 0.1) is 5.92 Å². The van der Waals surface area contributed by atoms with Crippen LogP contribution in [-0.4, -0.2) is 42.7 Å². The summed E-state index contributed by atoms with van der Waals surface area (Å²) in [7, 11) is 3.97. The lowest BCUT2D eigenvalue weighted by atomic mass is 9.86. The molecular formula is C19H26N2O3. The fourth-order valence-electron chi connectivity index (χ4n) is 3.50. The number of hydrogen-bond acceptors (Lipinski definition) is 4. The summed E-state index contributed by atoms with van der Waals surface area (Å²) in [6.45, 7) is 0.911. The van der Waals surface area contributed by atoms with Gasteiger partial charge >= 0.3 is 0 Å². The van der Waals surface area contributed by atoms with E-state index in [1.165, 1.54) is 0 Å². The monoisotopic (exact) mass is 330 g/mol. The van der Waals surface area contributed by atoms with Crippen molar-refractivity contribution in [1.82, 2.24) is 10.2 Å². The predicted octanol–water partition coefficient (Wildman–Crippen LogP) is 2.78. The van der Waals surface area contributed by atoms with E-state index in [0.29, 0.717) is 18.2 Å². The Labute approximate surface area is 142 Å². The summed E-state index contributed by atoms with van der Waals surface area (Å²) in [5, 5.41) is 13.4. The molecule has 2 aromatic rings. The van der Waals surface area contributed by atoms with Crippen LogP contribution in [0.4, 0.5) is 0 Å². The van der Waals surface area contributed by atoms with Crippen molar-refractivity contribution in [1.29, 1.82) is 0 Å². The summed E-state index contributed by atoms with van der Waals surface area (Å²) in [6, 6.07) is 7.96. The number of para-hydroxylation sites is 1. The number of benzene rings is 1. The molecule has 0 bridgehead atoms. The zero-order valence-electron chi connectivity index (χ0n) is 14.4. The molecule has 5 heteroatoms. The van der Waals surface area contributed by atoms with Gasteiger partial charge in [-0.1, -0.05) is 18.2 Å². The normalized spacial score (nSPS) is 21.3. The van der Waals surface area contributed by atoms with Crippen LogP contribution in [0.25, 0.3) is 11.0 Å². The van der Waals surface area contributed by atoms with Gasteiger partial charge in [0.1, 0.15) is 5.58 Å². The van der Waals surface area contributed by atoms with Gasteiger partial charge in [-0.25, -0.2) is 0 Å². The molecule has 1 aromatic heterocycles. The number of aliphatic hydroxyl groups is 1. The third-order valence-corrected chi connectivity index (χ3v) is 4.82. The van der Waals surface area contributed by atoms with E-state index in [1.807, 2.05) is 43.3 Å². The number of fused-ring (bicyclic) bond motifs is 1. The van der Waals surface area contributed by atoms with Crippen LogP contribution in [0.2, 0.25) is 0 Å². The molecule has 1 amide bonds. The van der Waals surface area contributed by atoms with Crippen LogP contribution in [0.3, 0.4) is 0 Å². The molecule has 0 atom stereocenters. The minimum atomic E-state index is -0.129. The van der Waals surface area contributed by atoms with Crippen LogP contribution < -0.4 is 5.32 Å². The molecule has 1 fully saturated rings. The summed E-state index contributed by atoms with van der Waals surface area (Å²) in [6.07, 6.45) is 3.76. The molecule has 0 unspecified atom stereocenters. The number of carbonyl (C=O) groups excluding carboxylic acids is 1. The first kappa shape index (κ1) is 17.0. The lowest BCUT2D eigenvalue weighted by Gasteiger charge is -2.27. The van der Waals surface area contributed by atoms with Crippen molar-refractivity contribution >= 4 is 16.9 Å². The van der Waals surface area contributed by atoms with E-state index >= 15 is 0 Å². The van der Waals surface area contributed by atoms with Crippen molar-refractivity contribution in [3.63, 3.8) is 0 Å². The van der Waals surface area contributed by atoms with Gasteiger partial charge in [0, 0.05) is 30.1 Å². The first-order chi connectivity index (χ1) is 11.6. The van der Waals surface area contributed by atoms with Gasteiger partial charge in [0.15, 0.2) is 5.76 Å². The first-order valence-corrected chi connectivity index (χ1v) is 8.65. The zero-order chi connectivity index (χ0) is 17.1. The molecule has 24 heavy (non-hydrogen) atoms. The van der Waals surface area contributed by atoms with Gasteiger partial charge in [-0.3, -0.25) is 4.79 Å². The second-order valence-corrected chi connectivity index (χ2v) is 7.02. The van der Waals surface area contributed by atoms with Crippen LogP contribution in [0.1, 0.15) is 41.8 Å².